The Morgan fingerprint density at radius 1 is 0.371 bits per heavy atom. The van der Waals surface area contributed by atoms with Gasteiger partial charge in [0, 0.05) is 67.5 Å². The van der Waals surface area contributed by atoms with Crippen LogP contribution in [-0.2, 0) is 10.8 Å². The van der Waals surface area contributed by atoms with E-state index >= 15 is 0 Å². The van der Waals surface area contributed by atoms with Gasteiger partial charge in [0.2, 0.25) is 0 Å². The van der Waals surface area contributed by atoms with E-state index in [9.17, 15) is 0 Å². The number of hydrogen-bond acceptors (Lipinski definition) is 2. The molecule has 6 atom stereocenters. The molecular weight excluding hydrogens is 1170 g/mol. The molecule has 0 amide bonds. The van der Waals surface area contributed by atoms with Gasteiger partial charge < -0.3 is 18.9 Å². The van der Waals surface area contributed by atoms with Crippen LogP contribution in [0.15, 0.2) is 235 Å². The van der Waals surface area contributed by atoms with Gasteiger partial charge in [-0.25, -0.2) is 0 Å². The highest BCUT2D eigenvalue weighted by molar-refractivity contribution is 7.00. The zero-order chi connectivity index (χ0) is 65.3. The molecule has 0 spiro atoms. The fourth-order valence-corrected chi connectivity index (χ4v) is 19.9. The van der Waals surface area contributed by atoms with Crippen molar-refractivity contribution in [2.75, 3.05) is 9.80 Å². The lowest BCUT2D eigenvalue weighted by Gasteiger charge is -2.53. The van der Waals surface area contributed by atoms with Crippen LogP contribution in [-0.4, -0.2) is 27.9 Å². The molecule has 4 heterocycles. The molecule has 4 nitrogen and oxygen atoms in total. The quantitative estimate of drug-likeness (QED) is 0.106. The van der Waals surface area contributed by atoms with Gasteiger partial charge in [0.25, 0.3) is 6.71 Å². The summed E-state index contributed by atoms with van der Waals surface area (Å²) in [4.78, 5) is 6.15. The molecule has 2 aliphatic heterocycles. The average Bonchev–Trinajstić information content (AvgIpc) is 0.876. The van der Waals surface area contributed by atoms with Crippen LogP contribution in [0, 0.1) is 23.7 Å². The second-order valence-corrected chi connectivity index (χ2v) is 32.3. The lowest BCUT2D eigenvalue weighted by Crippen LogP contribution is -2.65. The van der Waals surface area contributed by atoms with Gasteiger partial charge >= 0.3 is 0 Å². The summed E-state index contributed by atoms with van der Waals surface area (Å²) in [7, 11) is 0. The molecule has 8 aliphatic rings. The highest BCUT2D eigenvalue weighted by Crippen LogP contribution is 2.54. The van der Waals surface area contributed by atoms with Crippen LogP contribution in [0.2, 0.25) is 0 Å². The van der Waals surface area contributed by atoms with Gasteiger partial charge in [-0.1, -0.05) is 204 Å². The van der Waals surface area contributed by atoms with Gasteiger partial charge in [0.15, 0.2) is 0 Å². The molecule has 486 valence electrons. The van der Waals surface area contributed by atoms with Crippen molar-refractivity contribution in [1.82, 2.24) is 9.13 Å². The molecule has 10 aromatic rings. The molecule has 0 fully saturated rings. The van der Waals surface area contributed by atoms with Gasteiger partial charge in [-0.05, 0) is 249 Å². The van der Waals surface area contributed by atoms with E-state index in [4.69, 9.17) is 0 Å². The minimum Gasteiger partial charge on any atom is -0.334 e. The van der Waals surface area contributed by atoms with Crippen molar-refractivity contribution < 1.29 is 0 Å². The molecule has 6 aliphatic carbocycles. The standard InChI is InChI=1S/C92H95BN4/c1-91(2,3)66-53-64(54-67(57-66)92(4,5)6)65-55-86-88-87(56-65)97(90-72(62-33-15-9-16-34-62)43-28-44-73(90)63-35-17-10-18-36-63)85-59-69(95-82-47-25-21-39-76(82)77-40-22-26-48-83(77)95)50-52-79(85)93(88)78-51-49-68(94-80-45-23-19-37-74(80)75-38-20-24-46-81(75)94)58-84(78)96(86)89-70(60-29-11-7-12-30-60)41-27-42-71(89)61-31-13-8-14-32-61/h7,9,11,15,19-26,31,35,37-41,43,45-60,62,71,73,89-90H,8,10,12-14,16-18,27-30,32-34,36,42,44H2,1-6H3. The highest BCUT2D eigenvalue weighted by Gasteiger charge is 2.51. The Morgan fingerprint density at radius 3 is 1.16 bits per heavy atom. The maximum Gasteiger partial charge on any atom is 0.252 e. The van der Waals surface area contributed by atoms with E-state index in [2.05, 4.69) is 273 Å². The average molecular weight is 1270 g/mol. The van der Waals surface area contributed by atoms with Crippen LogP contribution < -0.4 is 26.2 Å². The molecule has 0 saturated heterocycles. The lowest BCUT2D eigenvalue weighted by molar-refractivity contribution is 0.391. The molecule has 0 N–H and O–H groups in total. The maximum absolute atomic E-state index is 3.08. The van der Waals surface area contributed by atoms with Crippen molar-refractivity contribution in [3.63, 3.8) is 0 Å². The minimum atomic E-state index is -0.0691. The summed E-state index contributed by atoms with van der Waals surface area (Å²) in [5, 5.41) is 5.20. The molecule has 18 rings (SSSR count). The van der Waals surface area contributed by atoms with E-state index in [1.165, 1.54) is 181 Å². The van der Waals surface area contributed by atoms with E-state index in [1.54, 1.807) is 22.3 Å². The number of fused-ring (bicyclic) bond motifs is 10. The normalized spacial score (nSPS) is 22.7. The number of allylic oxidation sites excluding steroid dienone is 8. The van der Waals surface area contributed by atoms with E-state index in [0.717, 1.165) is 51.4 Å². The second-order valence-electron chi connectivity index (χ2n) is 32.3. The third-order valence-electron chi connectivity index (χ3n) is 24.6. The fourth-order valence-electron chi connectivity index (χ4n) is 19.9. The minimum absolute atomic E-state index is 0.0519. The lowest BCUT2D eigenvalue weighted by atomic mass is 9.33. The van der Waals surface area contributed by atoms with Crippen molar-refractivity contribution in [3.05, 3.63) is 246 Å². The fraction of sp³-hybridized carbons (Fsp3) is 0.348. The molecule has 0 radical (unpaired) electrons. The summed E-state index contributed by atoms with van der Waals surface area (Å²) in [5.41, 5.74) is 29.5. The molecule has 97 heavy (non-hydrogen) atoms. The summed E-state index contributed by atoms with van der Waals surface area (Å²) in [5.74, 6) is 1.69. The molecule has 0 saturated carbocycles. The van der Waals surface area contributed by atoms with E-state index < -0.39 is 0 Å². The first-order chi connectivity index (χ1) is 47.4. The predicted molar refractivity (Wildman–Crippen MR) is 415 cm³/mol. The van der Waals surface area contributed by atoms with E-state index in [-0.39, 0.29) is 29.6 Å². The SMILES string of the molecule is CC(C)(C)c1cc(-c2cc3c4c(c2)N(C2C(C5CC=CCC5)=CCCC2C2=CCCCC2)c2cc(-n5c6ccccc6c6ccccc65)ccc2B4c2ccc(-n4c5ccccc5c5ccccc54)cc2N3C2C(C3CC=CCC3)=CCCC2C2=CCCCC2)cc(C(C)(C)C)c1. The summed E-state index contributed by atoms with van der Waals surface area (Å²) in [6.07, 6.45) is 42.4. The van der Waals surface area contributed by atoms with Crippen LogP contribution in [0.25, 0.3) is 66.1 Å². The number of rotatable bonds is 9. The zero-order valence-electron chi connectivity index (χ0n) is 58.3. The van der Waals surface area contributed by atoms with Crippen LogP contribution in [0.1, 0.15) is 168 Å². The number of hydrogen-bond donors (Lipinski definition) is 0. The highest BCUT2D eigenvalue weighted by atomic mass is 15.2. The predicted octanol–water partition coefficient (Wildman–Crippen LogP) is 22.7. The van der Waals surface area contributed by atoms with Crippen LogP contribution in [0.3, 0.4) is 0 Å². The third kappa shape index (κ3) is 10.3. The number of nitrogens with zero attached hydrogens (tertiary/aromatic N) is 4. The number of aromatic nitrogens is 2. The molecular formula is C92H95BN4. The zero-order valence-corrected chi connectivity index (χ0v) is 58.3. The summed E-state index contributed by atoms with van der Waals surface area (Å²) in [6, 6.07) is 65.9. The smallest absolute Gasteiger partial charge is 0.252 e. The first-order valence-electron chi connectivity index (χ1n) is 37.7. The molecule has 8 aromatic carbocycles. The van der Waals surface area contributed by atoms with Crippen molar-refractivity contribution in [2.24, 2.45) is 23.7 Å². The Kier molecular flexibility index (Phi) is 15.2. The Bertz CT molecular complexity index is 4590. The Labute approximate surface area is 576 Å². The van der Waals surface area contributed by atoms with Crippen LogP contribution >= 0.6 is 0 Å². The molecule has 5 heteroatoms. The summed E-state index contributed by atoms with van der Waals surface area (Å²) < 4.78 is 5.20. The van der Waals surface area contributed by atoms with Crippen molar-refractivity contribution in [1.29, 1.82) is 0 Å². The van der Waals surface area contributed by atoms with Gasteiger partial charge in [-0.15, -0.1) is 0 Å². The van der Waals surface area contributed by atoms with Gasteiger partial charge in [-0.2, -0.15) is 0 Å². The van der Waals surface area contributed by atoms with Gasteiger partial charge in [0.1, 0.15) is 0 Å². The first kappa shape index (κ1) is 60.8. The first-order valence-corrected chi connectivity index (χ1v) is 37.7. The summed E-state index contributed by atoms with van der Waals surface area (Å²) >= 11 is 0. The largest absolute Gasteiger partial charge is 0.334 e. The Morgan fingerprint density at radius 2 is 0.784 bits per heavy atom. The summed E-state index contributed by atoms with van der Waals surface area (Å²) in [6.45, 7) is 14.5. The van der Waals surface area contributed by atoms with Crippen LogP contribution in [0.5, 0.6) is 0 Å². The number of benzene rings is 8. The van der Waals surface area contributed by atoms with Crippen LogP contribution in [0.4, 0.5) is 22.7 Å². The second kappa shape index (κ2) is 24.2. The van der Waals surface area contributed by atoms with E-state index in [0.29, 0.717) is 23.7 Å². The molecule has 0 bridgehead atoms. The van der Waals surface area contributed by atoms with Gasteiger partial charge in [0.05, 0.1) is 34.2 Å². The van der Waals surface area contributed by atoms with Gasteiger partial charge in [-0.3, -0.25) is 0 Å². The Balaban J connectivity index is 0.995. The monoisotopic (exact) mass is 1270 g/mol. The topological polar surface area (TPSA) is 16.3 Å². The maximum atomic E-state index is 3.08. The number of anilines is 4. The third-order valence-corrected chi connectivity index (χ3v) is 24.6. The van der Waals surface area contributed by atoms with E-state index in [1.807, 2.05) is 0 Å². The molecule has 6 unspecified atom stereocenters. The molecule has 2 aromatic heterocycles. The van der Waals surface area contributed by atoms with Crippen molar-refractivity contribution in [2.45, 2.75) is 180 Å². The number of para-hydroxylation sites is 4. The Hall–Kier alpha value is -8.54. The van der Waals surface area contributed by atoms with Crippen molar-refractivity contribution >= 4 is 89.5 Å². The van der Waals surface area contributed by atoms with Crippen molar-refractivity contribution in [3.8, 4) is 22.5 Å².